The summed E-state index contributed by atoms with van der Waals surface area (Å²) in [5.74, 6) is -0.888. The number of aryl methyl sites for hydroxylation is 2. The molecule has 0 saturated heterocycles. The number of rotatable bonds is 5. The van der Waals surface area contributed by atoms with Crippen molar-refractivity contribution in [2.75, 3.05) is 0 Å². The van der Waals surface area contributed by atoms with Crippen LogP contribution in [-0.4, -0.2) is 31.7 Å². The molecule has 2 aromatic heterocycles. The van der Waals surface area contributed by atoms with Crippen molar-refractivity contribution in [1.82, 2.24) is 25.0 Å². The minimum Gasteiger partial charge on any atom is -0.267 e. The molecule has 32 heavy (non-hydrogen) atoms. The molecular weight excluding hydrogens is 435 g/mol. The largest absolute Gasteiger partial charge is 0.292 e. The van der Waals surface area contributed by atoms with Crippen molar-refractivity contribution in [2.45, 2.75) is 13.5 Å². The van der Waals surface area contributed by atoms with Crippen LogP contribution in [0.3, 0.4) is 0 Å². The topological polar surface area (TPSA) is 94.2 Å². The Morgan fingerprint density at radius 1 is 1.16 bits per heavy atom. The molecule has 4 rings (SSSR count). The number of hydrogen-bond donors (Lipinski definition) is 1. The lowest BCUT2D eigenvalue weighted by atomic mass is 10.1. The Balaban J connectivity index is 1.55. The monoisotopic (exact) mass is 452 g/mol. The standard InChI is InChI=1S/C22H18ClFN6O2/c1-13-18(20(23)30(27-13)12-14-7-9-15(24)10-8-14)11-25-26-21(31)19-16-5-3-4-6-17(16)22(32)29(2)28-19/h3-11H,12H2,1-2H3,(H,26,31)/b25-11+. The first-order valence-electron chi connectivity index (χ1n) is 9.62. The molecule has 4 aromatic rings. The SMILES string of the molecule is Cc1nn(Cc2ccc(F)cc2)c(Cl)c1/C=N/NC(=O)c1nn(C)c(=O)c2ccccc12. The van der Waals surface area contributed by atoms with Crippen LogP contribution in [0.15, 0.2) is 58.4 Å². The number of hydrazone groups is 1. The average Bonchev–Trinajstić information content (AvgIpc) is 3.05. The average molecular weight is 453 g/mol. The summed E-state index contributed by atoms with van der Waals surface area (Å²) < 4.78 is 15.8. The Kier molecular flexibility index (Phi) is 5.83. The number of fused-ring (bicyclic) bond motifs is 1. The van der Waals surface area contributed by atoms with E-state index in [0.29, 0.717) is 33.7 Å². The van der Waals surface area contributed by atoms with E-state index >= 15 is 0 Å². The van der Waals surface area contributed by atoms with Gasteiger partial charge in [0, 0.05) is 12.4 Å². The van der Waals surface area contributed by atoms with E-state index in [1.807, 2.05) is 0 Å². The summed E-state index contributed by atoms with van der Waals surface area (Å²) in [6.45, 7) is 2.12. The van der Waals surface area contributed by atoms with E-state index in [9.17, 15) is 14.0 Å². The number of amides is 1. The maximum Gasteiger partial charge on any atom is 0.292 e. The lowest BCUT2D eigenvalue weighted by Crippen LogP contribution is -2.27. The van der Waals surface area contributed by atoms with Gasteiger partial charge in [0.25, 0.3) is 11.5 Å². The molecular formula is C22H18ClFN6O2. The number of halogens is 2. The molecule has 10 heteroatoms. The molecule has 2 heterocycles. The lowest BCUT2D eigenvalue weighted by Gasteiger charge is -2.06. The predicted molar refractivity (Wildman–Crippen MR) is 120 cm³/mol. The molecule has 0 aliphatic heterocycles. The Labute approximate surface area is 186 Å². The molecule has 0 spiro atoms. The van der Waals surface area contributed by atoms with Crippen LogP contribution < -0.4 is 11.0 Å². The van der Waals surface area contributed by atoms with Crippen LogP contribution in [0.1, 0.15) is 27.3 Å². The third-order valence-corrected chi connectivity index (χ3v) is 5.29. The summed E-state index contributed by atoms with van der Waals surface area (Å²) in [5.41, 5.74) is 4.18. The van der Waals surface area contributed by atoms with Gasteiger partial charge < -0.3 is 0 Å². The molecule has 2 aromatic carbocycles. The van der Waals surface area contributed by atoms with E-state index in [4.69, 9.17) is 11.6 Å². The summed E-state index contributed by atoms with van der Waals surface area (Å²) in [5, 5.41) is 13.6. The van der Waals surface area contributed by atoms with E-state index in [2.05, 4.69) is 20.7 Å². The molecule has 0 saturated carbocycles. The van der Waals surface area contributed by atoms with Crippen LogP contribution >= 0.6 is 11.6 Å². The number of nitrogens with one attached hydrogen (secondary N) is 1. The van der Waals surface area contributed by atoms with Crippen molar-refractivity contribution in [1.29, 1.82) is 0 Å². The van der Waals surface area contributed by atoms with Gasteiger partial charge in [0.15, 0.2) is 5.69 Å². The number of benzene rings is 2. The zero-order valence-corrected chi connectivity index (χ0v) is 18.0. The fourth-order valence-corrected chi connectivity index (χ4v) is 3.54. The number of carbonyl (C=O) groups is 1. The highest BCUT2D eigenvalue weighted by molar-refractivity contribution is 6.32. The molecule has 0 unspecified atom stereocenters. The normalized spacial score (nSPS) is 11.4. The van der Waals surface area contributed by atoms with Gasteiger partial charge >= 0.3 is 0 Å². The van der Waals surface area contributed by atoms with Crippen LogP contribution in [0.25, 0.3) is 10.8 Å². The molecule has 0 fully saturated rings. The smallest absolute Gasteiger partial charge is 0.267 e. The first kappa shape index (κ1) is 21.4. The Hall–Kier alpha value is -3.85. The molecule has 0 atom stereocenters. The van der Waals surface area contributed by atoms with Crippen molar-refractivity contribution < 1.29 is 9.18 Å². The summed E-state index contributed by atoms with van der Waals surface area (Å²) in [7, 11) is 1.48. The highest BCUT2D eigenvalue weighted by atomic mass is 35.5. The van der Waals surface area contributed by atoms with Gasteiger partial charge in [0.2, 0.25) is 0 Å². The highest BCUT2D eigenvalue weighted by Crippen LogP contribution is 2.19. The number of hydrogen-bond acceptors (Lipinski definition) is 5. The fraction of sp³-hybridized carbons (Fsp3) is 0.136. The molecule has 0 aliphatic carbocycles. The second-order valence-corrected chi connectivity index (χ2v) is 7.45. The fourth-order valence-electron chi connectivity index (χ4n) is 3.26. The molecule has 8 nitrogen and oxygen atoms in total. The second-order valence-electron chi connectivity index (χ2n) is 7.10. The first-order valence-corrected chi connectivity index (χ1v) is 9.99. The van der Waals surface area contributed by atoms with Crippen LogP contribution in [0.4, 0.5) is 4.39 Å². The Morgan fingerprint density at radius 3 is 2.56 bits per heavy atom. The van der Waals surface area contributed by atoms with Gasteiger partial charge in [-0.05, 0) is 30.7 Å². The zero-order valence-electron chi connectivity index (χ0n) is 17.2. The Morgan fingerprint density at radius 2 is 1.84 bits per heavy atom. The summed E-state index contributed by atoms with van der Waals surface area (Å²) in [6, 6.07) is 12.8. The van der Waals surface area contributed by atoms with Gasteiger partial charge in [-0.15, -0.1) is 0 Å². The van der Waals surface area contributed by atoms with Crippen LogP contribution in [-0.2, 0) is 13.6 Å². The van der Waals surface area contributed by atoms with Gasteiger partial charge in [0.05, 0.1) is 29.4 Å². The first-order chi connectivity index (χ1) is 15.3. The molecule has 0 aliphatic rings. The Bertz CT molecular complexity index is 1410. The van der Waals surface area contributed by atoms with E-state index in [0.717, 1.165) is 10.2 Å². The van der Waals surface area contributed by atoms with Crippen molar-refractivity contribution in [2.24, 2.45) is 12.1 Å². The summed E-state index contributed by atoms with van der Waals surface area (Å²) >= 11 is 6.43. The number of carbonyl (C=O) groups excluding carboxylic acids is 1. The quantitative estimate of drug-likeness (QED) is 0.372. The van der Waals surface area contributed by atoms with Gasteiger partial charge in [-0.3, -0.25) is 9.59 Å². The van der Waals surface area contributed by atoms with E-state index in [1.54, 1.807) is 48.0 Å². The molecule has 0 radical (unpaired) electrons. The third kappa shape index (κ3) is 4.15. The van der Waals surface area contributed by atoms with Gasteiger partial charge in [-0.25, -0.2) is 19.2 Å². The van der Waals surface area contributed by atoms with Gasteiger partial charge in [-0.1, -0.05) is 41.9 Å². The van der Waals surface area contributed by atoms with Gasteiger partial charge in [0.1, 0.15) is 11.0 Å². The van der Waals surface area contributed by atoms with E-state index < -0.39 is 5.91 Å². The molecule has 162 valence electrons. The summed E-state index contributed by atoms with van der Waals surface area (Å²) in [6.07, 6.45) is 1.40. The maximum atomic E-state index is 13.1. The molecule has 0 bridgehead atoms. The van der Waals surface area contributed by atoms with E-state index in [1.165, 1.54) is 25.4 Å². The molecule has 1 N–H and O–H groups in total. The van der Waals surface area contributed by atoms with Gasteiger partial charge in [-0.2, -0.15) is 15.3 Å². The summed E-state index contributed by atoms with van der Waals surface area (Å²) in [4.78, 5) is 24.9. The highest BCUT2D eigenvalue weighted by Gasteiger charge is 2.16. The zero-order chi connectivity index (χ0) is 22.8. The number of aromatic nitrogens is 4. The van der Waals surface area contributed by atoms with Crippen LogP contribution in [0.5, 0.6) is 0 Å². The second kappa shape index (κ2) is 8.72. The van der Waals surface area contributed by atoms with Crippen molar-refractivity contribution >= 4 is 34.5 Å². The van der Waals surface area contributed by atoms with Crippen LogP contribution in [0.2, 0.25) is 5.15 Å². The van der Waals surface area contributed by atoms with Crippen molar-refractivity contribution in [3.63, 3.8) is 0 Å². The lowest BCUT2D eigenvalue weighted by molar-refractivity contribution is 0.0950. The van der Waals surface area contributed by atoms with E-state index in [-0.39, 0.29) is 17.1 Å². The number of nitrogens with zero attached hydrogens (tertiary/aromatic N) is 5. The minimum atomic E-state index is -0.569. The molecule has 1 amide bonds. The van der Waals surface area contributed by atoms with Crippen LogP contribution in [0, 0.1) is 12.7 Å². The predicted octanol–water partition coefficient (Wildman–Crippen LogP) is 3.04. The minimum absolute atomic E-state index is 0.0784. The van der Waals surface area contributed by atoms with Crippen molar-refractivity contribution in [3.8, 4) is 0 Å². The maximum absolute atomic E-state index is 13.1. The van der Waals surface area contributed by atoms with Crippen molar-refractivity contribution in [3.05, 3.63) is 92.4 Å². The third-order valence-electron chi connectivity index (χ3n) is 4.89.